The van der Waals surface area contributed by atoms with Crippen molar-refractivity contribution in [3.63, 3.8) is 0 Å². The fourth-order valence-corrected chi connectivity index (χ4v) is 2.49. The predicted molar refractivity (Wildman–Crippen MR) is 85.6 cm³/mol. The molecule has 0 aliphatic heterocycles. The summed E-state index contributed by atoms with van der Waals surface area (Å²) < 4.78 is 5.59. The average molecular weight is 317 g/mol. The van der Waals surface area contributed by atoms with Gasteiger partial charge < -0.3 is 14.8 Å². The SMILES string of the molecule is CCOc1cc(Cl)ccc1-c1cc(O)c2nc[nH]c(=O)c2c1. The fraction of sp³-hybridized carbons (Fsp3) is 0.125. The summed E-state index contributed by atoms with van der Waals surface area (Å²) in [6.45, 7) is 2.35. The van der Waals surface area contributed by atoms with Crippen LogP contribution in [0, 0.1) is 0 Å². The van der Waals surface area contributed by atoms with Crippen LogP contribution in [-0.2, 0) is 0 Å². The average Bonchev–Trinajstić information content (AvgIpc) is 2.49. The zero-order valence-corrected chi connectivity index (χ0v) is 12.5. The highest BCUT2D eigenvalue weighted by Crippen LogP contribution is 2.36. The van der Waals surface area contributed by atoms with E-state index >= 15 is 0 Å². The Morgan fingerprint density at radius 1 is 1.32 bits per heavy atom. The van der Waals surface area contributed by atoms with Gasteiger partial charge in [0.2, 0.25) is 0 Å². The summed E-state index contributed by atoms with van der Waals surface area (Å²) in [4.78, 5) is 18.4. The first kappa shape index (κ1) is 14.4. The van der Waals surface area contributed by atoms with Crippen molar-refractivity contribution in [1.82, 2.24) is 9.97 Å². The summed E-state index contributed by atoms with van der Waals surface area (Å²) >= 11 is 6.00. The van der Waals surface area contributed by atoms with E-state index in [4.69, 9.17) is 16.3 Å². The standard InChI is InChI=1S/C16H13ClN2O3/c1-2-22-14-7-10(17)3-4-11(14)9-5-12-15(13(20)6-9)18-8-19-16(12)21/h3-8,20H,2H2,1H3,(H,18,19,21). The molecule has 3 rings (SSSR count). The summed E-state index contributed by atoms with van der Waals surface area (Å²) in [6, 6.07) is 8.45. The summed E-state index contributed by atoms with van der Waals surface area (Å²) in [6.07, 6.45) is 1.26. The van der Waals surface area contributed by atoms with Crippen molar-refractivity contribution in [3.05, 3.63) is 52.0 Å². The lowest BCUT2D eigenvalue weighted by Crippen LogP contribution is -2.06. The minimum absolute atomic E-state index is 0.0593. The molecular weight excluding hydrogens is 304 g/mol. The summed E-state index contributed by atoms with van der Waals surface area (Å²) in [7, 11) is 0. The molecule has 0 unspecified atom stereocenters. The van der Waals surface area contributed by atoms with Crippen LogP contribution in [0.4, 0.5) is 0 Å². The Morgan fingerprint density at radius 2 is 2.14 bits per heavy atom. The number of phenols is 1. The molecule has 0 aliphatic rings. The maximum absolute atomic E-state index is 11.9. The van der Waals surface area contributed by atoms with Gasteiger partial charge in [0, 0.05) is 10.6 Å². The number of hydrogen-bond acceptors (Lipinski definition) is 4. The molecule has 2 N–H and O–H groups in total. The zero-order chi connectivity index (χ0) is 15.7. The number of aromatic amines is 1. The minimum Gasteiger partial charge on any atom is -0.506 e. The Morgan fingerprint density at radius 3 is 2.91 bits per heavy atom. The van der Waals surface area contributed by atoms with E-state index in [0.717, 1.165) is 5.56 Å². The van der Waals surface area contributed by atoms with Crippen LogP contribution in [0.25, 0.3) is 22.0 Å². The van der Waals surface area contributed by atoms with E-state index in [2.05, 4.69) is 9.97 Å². The number of nitrogens with zero attached hydrogens (tertiary/aromatic N) is 1. The second-order valence-corrected chi connectivity index (χ2v) is 5.13. The van der Waals surface area contributed by atoms with Crippen LogP contribution in [0.2, 0.25) is 5.02 Å². The number of rotatable bonds is 3. The number of H-pyrrole nitrogens is 1. The molecule has 3 aromatic rings. The molecule has 112 valence electrons. The highest BCUT2D eigenvalue weighted by Gasteiger charge is 2.12. The van der Waals surface area contributed by atoms with Gasteiger partial charge in [-0.3, -0.25) is 4.79 Å². The maximum atomic E-state index is 11.9. The fourth-order valence-electron chi connectivity index (χ4n) is 2.33. The normalized spacial score (nSPS) is 10.8. The molecule has 22 heavy (non-hydrogen) atoms. The lowest BCUT2D eigenvalue weighted by atomic mass is 10.0. The number of fused-ring (bicyclic) bond motifs is 1. The quantitative estimate of drug-likeness (QED) is 0.777. The molecule has 1 aromatic heterocycles. The van der Waals surface area contributed by atoms with Crippen LogP contribution in [-0.4, -0.2) is 21.7 Å². The molecule has 0 atom stereocenters. The molecule has 6 heteroatoms. The summed E-state index contributed by atoms with van der Waals surface area (Å²) in [5, 5.41) is 11.0. The monoisotopic (exact) mass is 316 g/mol. The Balaban J connectivity index is 2.27. The Kier molecular flexibility index (Phi) is 3.73. The molecule has 1 heterocycles. The highest BCUT2D eigenvalue weighted by atomic mass is 35.5. The zero-order valence-electron chi connectivity index (χ0n) is 11.8. The Bertz CT molecular complexity index is 906. The van der Waals surface area contributed by atoms with Gasteiger partial charge in [0.05, 0.1) is 18.3 Å². The van der Waals surface area contributed by atoms with Gasteiger partial charge in [-0.2, -0.15) is 0 Å². The Labute approximate surface area is 131 Å². The maximum Gasteiger partial charge on any atom is 0.258 e. The summed E-state index contributed by atoms with van der Waals surface area (Å²) in [5.41, 5.74) is 1.35. The number of halogens is 1. The highest BCUT2D eigenvalue weighted by molar-refractivity contribution is 6.30. The number of aromatic hydroxyl groups is 1. The predicted octanol–water partition coefficient (Wildman–Crippen LogP) is 3.35. The number of nitrogens with one attached hydrogen (secondary N) is 1. The largest absolute Gasteiger partial charge is 0.506 e. The number of aromatic nitrogens is 2. The number of hydrogen-bond donors (Lipinski definition) is 2. The lowest BCUT2D eigenvalue weighted by Gasteiger charge is -2.12. The van der Waals surface area contributed by atoms with Crippen LogP contribution in [0.3, 0.4) is 0 Å². The van der Waals surface area contributed by atoms with Crippen LogP contribution in [0.5, 0.6) is 11.5 Å². The first-order valence-electron chi connectivity index (χ1n) is 6.73. The molecular formula is C16H13ClN2O3. The molecule has 0 bridgehead atoms. The number of ether oxygens (including phenoxy) is 1. The van der Waals surface area contributed by atoms with Crippen molar-refractivity contribution < 1.29 is 9.84 Å². The van der Waals surface area contributed by atoms with E-state index < -0.39 is 0 Å². The van der Waals surface area contributed by atoms with Crippen molar-refractivity contribution in [2.75, 3.05) is 6.61 Å². The molecule has 0 fully saturated rings. The third kappa shape index (κ3) is 2.51. The van der Waals surface area contributed by atoms with Gasteiger partial charge in [0.15, 0.2) is 0 Å². The van der Waals surface area contributed by atoms with Crippen molar-refractivity contribution in [2.45, 2.75) is 6.92 Å². The van der Waals surface area contributed by atoms with Crippen molar-refractivity contribution in [1.29, 1.82) is 0 Å². The second kappa shape index (κ2) is 5.69. The van der Waals surface area contributed by atoms with Crippen LogP contribution in [0.15, 0.2) is 41.5 Å². The van der Waals surface area contributed by atoms with Gasteiger partial charge in [0.1, 0.15) is 17.0 Å². The third-order valence-corrected chi connectivity index (χ3v) is 3.51. The van der Waals surface area contributed by atoms with E-state index in [-0.39, 0.29) is 16.8 Å². The molecule has 0 radical (unpaired) electrons. The van der Waals surface area contributed by atoms with Gasteiger partial charge >= 0.3 is 0 Å². The van der Waals surface area contributed by atoms with Gasteiger partial charge in [-0.25, -0.2) is 4.98 Å². The van der Waals surface area contributed by atoms with Gasteiger partial charge in [-0.15, -0.1) is 0 Å². The van der Waals surface area contributed by atoms with E-state index in [1.807, 2.05) is 6.92 Å². The molecule has 0 aliphatic carbocycles. The summed E-state index contributed by atoms with van der Waals surface area (Å²) in [5.74, 6) is 0.532. The van der Waals surface area contributed by atoms with Crippen molar-refractivity contribution in [2.24, 2.45) is 0 Å². The third-order valence-electron chi connectivity index (χ3n) is 3.28. The van der Waals surface area contributed by atoms with E-state index in [1.54, 1.807) is 30.3 Å². The Hall–Kier alpha value is -2.53. The number of benzene rings is 2. The molecule has 0 spiro atoms. The number of phenolic OH excluding ortho intramolecular Hbond substituents is 1. The first-order chi connectivity index (χ1) is 10.6. The van der Waals surface area contributed by atoms with Crippen molar-refractivity contribution >= 4 is 22.5 Å². The van der Waals surface area contributed by atoms with E-state index in [9.17, 15) is 9.90 Å². The van der Waals surface area contributed by atoms with Crippen LogP contribution >= 0.6 is 11.6 Å². The first-order valence-corrected chi connectivity index (χ1v) is 7.11. The molecule has 2 aromatic carbocycles. The molecule has 5 nitrogen and oxygen atoms in total. The van der Waals surface area contributed by atoms with E-state index in [1.165, 1.54) is 6.33 Å². The van der Waals surface area contributed by atoms with Crippen LogP contribution < -0.4 is 10.3 Å². The smallest absolute Gasteiger partial charge is 0.258 e. The topological polar surface area (TPSA) is 75.2 Å². The van der Waals surface area contributed by atoms with Gasteiger partial charge in [-0.1, -0.05) is 11.6 Å². The van der Waals surface area contributed by atoms with Crippen molar-refractivity contribution in [3.8, 4) is 22.6 Å². The second-order valence-electron chi connectivity index (χ2n) is 4.70. The minimum atomic E-state index is -0.311. The van der Waals surface area contributed by atoms with Crippen LogP contribution in [0.1, 0.15) is 6.92 Å². The molecule has 0 saturated carbocycles. The van der Waals surface area contributed by atoms with Gasteiger partial charge in [0.25, 0.3) is 5.56 Å². The van der Waals surface area contributed by atoms with E-state index in [0.29, 0.717) is 28.3 Å². The molecule has 0 amide bonds. The lowest BCUT2D eigenvalue weighted by molar-refractivity contribution is 0.341. The molecule has 0 saturated heterocycles. The van der Waals surface area contributed by atoms with Gasteiger partial charge in [-0.05, 0) is 42.8 Å².